The van der Waals surface area contributed by atoms with E-state index in [4.69, 9.17) is 0 Å². The standard InChI is InChI=1S/C30H46O2/c1-19-11-15-26(3)17-18-29(6)21(24(26)20(19)2)9-10-23-27(4)13-8-14-28(5,25(31)32)22(27)12-16-30(23,29)7/h8,12,14,19-21,23-24H,9-11,13,15-18H2,1-7H3,(H,31,32)/t19-,20+,21-,23-,24+,26-,27+,28?,29-,30-/m1/s1. The summed E-state index contributed by atoms with van der Waals surface area (Å²) in [4.78, 5) is 12.4. The van der Waals surface area contributed by atoms with Crippen LogP contribution in [0.2, 0.25) is 0 Å². The Bertz CT molecular complexity index is 885. The Morgan fingerprint density at radius 1 is 0.938 bits per heavy atom. The largest absolute Gasteiger partial charge is 0.480 e. The summed E-state index contributed by atoms with van der Waals surface area (Å²) in [5.41, 5.74) is 1.44. The molecule has 0 aromatic rings. The molecule has 2 heteroatoms. The van der Waals surface area contributed by atoms with Gasteiger partial charge >= 0.3 is 5.97 Å². The lowest BCUT2D eigenvalue weighted by molar-refractivity contribution is -0.208. The van der Waals surface area contributed by atoms with Crippen LogP contribution in [0.25, 0.3) is 0 Å². The molecule has 5 rings (SSSR count). The SMILES string of the molecule is C[C@@H]1[C@H]2[C@H]3CC[C@@H]4[C@@]5(C)CC=CC(C)(C(=O)O)C5=CC[C@@]4(C)[C@]3(C)CC[C@@]2(C)CC[C@H]1C. The van der Waals surface area contributed by atoms with Crippen LogP contribution >= 0.6 is 0 Å². The fraction of sp³-hybridized carbons (Fsp3) is 0.833. The Kier molecular flexibility index (Phi) is 4.80. The van der Waals surface area contributed by atoms with Gasteiger partial charge in [0.05, 0.1) is 0 Å². The third-order valence-corrected chi connectivity index (χ3v) is 12.9. The van der Waals surface area contributed by atoms with Crippen molar-refractivity contribution in [3.63, 3.8) is 0 Å². The number of carboxylic acid groups (broad SMARTS) is 1. The van der Waals surface area contributed by atoms with Gasteiger partial charge in [0.1, 0.15) is 5.41 Å². The molecule has 0 spiro atoms. The van der Waals surface area contributed by atoms with Gasteiger partial charge in [-0.2, -0.15) is 0 Å². The van der Waals surface area contributed by atoms with Crippen LogP contribution in [-0.2, 0) is 4.79 Å². The molecule has 2 nitrogen and oxygen atoms in total. The summed E-state index contributed by atoms with van der Waals surface area (Å²) >= 11 is 0. The molecule has 0 aromatic carbocycles. The average Bonchev–Trinajstić information content (AvgIpc) is 2.72. The van der Waals surface area contributed by atoms with E-state index in [1.807, 2.05) is 13.0 Å². The van der Waals surface area contributed by atoms with E-state index >= 15 is 0 Å². The van der Waals surface area contributed by atoms with Crippen LogP contribution in [0.5, 0.6) is 0 Å². The van der Waals surface area contributed by atoms with Gasteiger partial charge in [0.2, 0.25) is 0 Å². The number of hydrogen-bond acceptors (Lipinski definition) is 1. The summed E-state index contributed by atoms with van der Waals surface area (Å²) in [5.74, 6) is 3.20. The van der Waals surface area contributed by atoms with Crippen molar-refractivity contribution >= 4 is 5.97 Å². The highest BCUT2D eigenvalue weighted by molar-refractivity contribution is 5.82. The molecular formula is C30H46O2. The summed E-state index contributed by atoms with van der Waals surface area (Å²) in [6, 6.07) is 0. The molecule has 0 bridgehead atoms. The first-order valence-corrected chi connectivity index (χ1v) is 13.5. The monoisotopic (exact) mass is 438 g/mol. The van der Waals surface area contributed by atoms with Crippen LogP contribution < -0.4 is 0 Å². The second kappa shape index (κ2) is 6.76. The van der Waals surface area contributed by atoms with Gasteiger partial charge in [-0.15, -0.1) is 0 Å². The van der Waals surface area contributed by atoms with E-state index in [9.17, 15) is 9.90 Å². The lowest BCUT2D eigenvalue weighted by atomic mass is 9.33. The quantitative estimate of drug-likeness (QED) is 0.422. The zero-order valence-electron chi connectivity index (χ0n) is 21.6. The van der Waals surface area contributed by atoms with Crippen molar-refractivity contribution in [2.24, 2.45) is 56.7 Å². The van der Waals surface area contributed by atoms with Gasteiger partial charge in [0.25, 0.3) is 0 Å². The number of carboxylic acids is 1. The molecule has 3 fully saturated rings. The van der Waals surface area contributed by atoms with Gasteiger partial charge in [0, 0.05) is 0 Å². The first-order chi connectivity index (χ1) is 14.8. The maximum atomic E-state index is 12.4. The number of allylic oxidation sites excluding steroid dienone is 2. The molecule has 0 aliphatic heterocycles. The summed E-state index contributed by atoms with van der Waals surface area (Å²) in [7, 11) is 0. The summed E-state index contributed by atoms with van der Waals surface area (Å²) < 4.78 is 0. The van der Waals surface area contributed by atoms with Gasteiger partial charge in [0.15, 0.2) is 0 Å². The molecular weight excluding hydrogens is 392 g/mol. The zero-order chi connectivity index (χ0) is 23.3. The number of hydrogen-bond donors (Lipinski definition) is 1. The predicted octanol–water partition coefficient (Wildman–Crippen LogP) is 7.89. The first kappa shape index (κ1) is 22.7. The Labute approximate surface area is 196 Å². The van der Waals surface area contributed by atoms with Crippen LogP contribution in [0.15, 0.2) is 23.8 Å². The summed E-state index contributed by atoms with van der Waals surface area (Å²) in [6.45, 7) is 17.3. The van der Waals surface area contributed by atoms with E-state index in [2.05, 4.69) is 53.7 Å². The van der Waals surface area contributed by atoms with Gasteiger partial charge < -0.3 is 5.11 Å². The van der Waals surface area contributed by atoms with Crippen LogP contribution in [0.3, 0.4) is 0 Å². The molecule has 10 atom stereocenters. The van der Waals surface area contributed by atoms with Gasteiger partial charge in [-0.1, -0.05) is 59.8 Å². The predicted molar refractivity (Wildman–Crippen MR) is 131 cm³/mol. The average molecular weight is 439 g/mol. The van der Waals surface area contributed by atoms with Crippen LogP contribution in [0.1, 0.15) is 99.8 Å². The maximum absolute atomic E-state index is 12.4. The van der Waals surface area contributed by atoms with Crippen LogP contribution in [0.4, 0.5) is 0 Å². The second-order valence-electron chi connectivity index (χ2n) is 14.0. The number of aliphatic carboxylic acids is 1. The van der Waals surface area contributed by atoms with Crippen LogP contribution in [-0.4, -0.2) is 11.1 Å². The van der Waals surface area contributed by atoms with E-state index in [1.54, 1.807) is 0 Å². The topological polar surface area (TPSA) is 37.3 Å². The summed E-state index contributed by atoms with van der Waals surface area (Å²) in [5, 5.41) is 10.2. The fourth-order valence-electron chi connectivity index (χ4n) is 10.5. The molecule has 0 radical (unpaired) electrons. The van der Waals surface area contributed by atoms with Crippen molar-refractivity contribution < 1.29 is 9.90 Å². The molecule has 5 aliphatic rings. The normalized spacial score (nSPS) is 56.8. The molecule has 0 amide bonds. The van der Waals surface area contributed by atoms with Crippen molar-refractivity contribution in [2.75, 3.05) is 0 Å². The Hall–Kier alpha value is -1.05. The minimum atomic E-state index is -0.843. The first-order valence-electron chi connectivity index (χ1n) is 13.5. The third kappa shape index (κ3) is 2.56. The molecule has 0 saturated heterocycles. The molecule has 3 saturated carbocycles. The molecule has 1 N–H and O–H groups in total. The highest BCUT2D eigenvalue weighted by Gasteiger charge is 2.68. The van der Waals surface area contributed by atoms with Gasteiger partial charge in [-0.25, -0.2) is 0 Å². The van der Waals surface area contributed by atoms with Crippen molar-refractivity contribution in [1.29, 1.82) is 0 Å². The third-order valence-electron chi connectivity index (χ3n) is 12.9. The van der Waals surface area contributed by atoms with E-state index in [1.165, 1.54) is 44.1 Å². The lowest BCUT2D eigenvalue weighted by Gasteiger charge is -2.71. The highest BCUT2D eigenvalue weighted by atomic mass is 16.4. The van der Waals surface area contributed by atoms with Gasteiger partial charge in [-0.05, 0) is 115 Å². The lowest BCUT2D eigenvalue weighted by Crippen LogP contribution is -2.64. The number of rotatable bonds is 1. The molecule has 0 heterocycles. The van der Waals surface area contributed by atoms with Crippen molar-refractivity contribution in [3.8, 4) is 0 Å². The molecule has 1 unspecified atom stereocenters. The Morgan fingerprint density at radius 3 is 2.34 bits per heavy atom. The van der Waals surface area contributed by atoms with Crippen molar-refractivity contribution in [2.45, 2.75) is 99.8 Å². The van der Waals surface area contributed by atoms with E-state index in [0.717, 1.165) is 36.5 Å². The fourth-order valence-corrected chi connectivity index (χ4v) is 10.5. The second-order valence-corrected chi connectivity index (χ2v) is 14.0. The minimum Gasteiger partial charge on any atom is -0.480 e. The molecule has 5 aliphatic carbocycles. The van der Waals surface area contributed by atoms with Crippen molar-refractivity contribution in [1.82, 2.24) is 0 Å². The molecule has 32 heavy (non-hydrogen) atoms. The number of carbonyl (C=O) groups is 1. The Morgan fingerprint density at radius 2 is 1.66 bits per heavy atom. The van der Waals surface area contributed by atoms with Crippen molar-refractivity contribution in [3.05, 3.63) is 23.8 Å². The summed E-state index contributed by atoms with van der Waals surface area (Å²) in [6.07, 6.45) is 16.8. The smallest absolute Gasteiger partial charge is 0.317 e. The molecule has 178 valence electrons. The zero-order valence-corrected chi connectivity index (χ0v) is 21.6. The number of fused-ring (bicyclic) bond motifs is 7. The van der Waals surface area contributed by atoms with Crippen LogP contribution in [0, 0.1) is 56.7 Å². The minimum absolute atomic E-state index is 0.0326. The van der Waals surface area contributed by atoms with E-state index in [0.29, 0.717) is 16.7 Å². The van der Waals surface area contributed by atoms with E-state index in [-0.39, 0.29) is 10.8 Å². The Balaban J connectivity index is 1.59. The van der Waals surface area contributed by atoms with Gasteiger partial charge in [-0.3, -0.25) is 4.79 Å². The molecule has 0 aromatic heterocycles. The maximum Gasteiger partial charge on any atom is 0.317 e. The van der Waals surface area contributed by atoms with E-state index < -0.39 is 11.4 Å². The highest BCUT2D eigenvalue weighted by Crippen LogP contribution is 2.75.